The Hall–Kier alpha value is -2.33. The van der Waals surface area contributed by atoms with Crippen LogP contribution in [0.1, 0.15) is 30.0 Å². The van der Waals surface area contributed by atoms with Gasteiger partial charge < -0.3 is 10.2 Å². The standard InChI is InChI=1S/C17H16N2O2/c18-15(17(8-9-17)12-4-2-1-3-5-12)11-6-7-13-14(10-11)21-16(20)19-13/h1-7,10,15H,8-9,18H2,(H,19,20). The van der Waals surface area contributed by atoms with Gasteiger partial charge in [0.05, 0.1) is 5.52 Å². The topological polar surface area (TPSA) is 72.0 Å². The van der Waals surface area contributed by atoms with E-state index in [2.05, 4.69) is 29.2 Å². The van der Waals surface area contributed by atoms with Crippen LogP contribution in [0.3, 0.4) is 0 Å². The summed E-state index contributed by atoms with van der Waals surface area (Å²) in [5.74, 6) is -0.431. The molecule has 2 aromatic carbocycles. The monoisotopic (exact) mass is 280 g/mol. The van der Waals surface area contributed by atoms with Crippen LogP contribution in [0.2, 0.25) is 0 Å². The minimum Gasteiger partial charge on any atom is -0.408 e. The first kappa shape index (κ1) is 12.4. The average molecular weight is 280 g/mol. The Kier molecular flexibility index (Phi) is 2.56. The third kappa shape index (κ3) is 1.91. The van der Waals surface area contributed by atoms with E-state index in [1.807, 2.05) is 24.3 Å². The third-order valence-electron chi connectivity index (χ3n) is 4.54. The largest absolute Gasteiger partial charge is 0.417 e. The highest BCUT2D eigenvalue weighted by molar-refractivity contribution is 5.73. The number of oxazole rings is 1. The predicted octanol–water partition coefficient (Wildman–Crippen LogP) is 2.85. The lowest BCUT2D eigenvalue weighted by Gasteiger charge is -2.24. The van der Waals surface area contributed by atoms with Crippen LogP contribution in [0, 0.1) is 0 Å². The maximum atomic E-state index is 11.2. The molecule has 21 heavy (non-hydrogen) atoms. The van der Waals surface area contributed by atoms with Gasteiger partial charge in [-0.05, 0) is 36.1 Å². The molecule has 1 atom stereocenters. The first-order chi connectivity index (χ1) is 10.2. The van der Waals surface area contributed by atoms with Crippen LogP contribution in [-0.4, -0.2) is 4.98 Å². The number of H-pyrrole nitrogens is 1. The Labute approximate surface area is 121 Å². The molecule has 4 nitrogen and oxygen atoms in total. The minimum absolute atomic E-state index is 0.0194. The number of rotatable bonds is 3. The summed E-state index contributed by atoms with van der Waals surface area (Å²) < 4.78 is 5.13. The van der Waals surface area contributed by atoms with Crippen molar-refractivity contribution in [3.63, 3.8) is 0 Å². The Morgan fingerprint density at radius 1 is 1.14 bits per heavy atom. The summed E-state index contributed by atoms with van der Waals surface area (Å²) in [5, 5.41) is 0. The van der Waals surface area contributed by atoms with Gasteiger partial charge in [-0.15, -0.1) is 0 Å². The van der Waals surface area contributed by atoms with Gasteiger partial charge >= 0.3 is 5.76 Å². The molecule has 4 rings (SSSR count). The number of fused-ring (bicyclic) bond motifs is 1. The highest BCUT2D eigenvalue weighted by Gasteiger charge is 2.49. The van der Waals surface area contributed by atoms with Crippen molar-refractivity contribution in [2.24, 2.45) is 5.73 Å². The molecule has 1 aromatic heterocycles. The minimum atomic E-state index is -0.431. The number of nitrogens with one attached hydrogen (secondary N) is 1. The van der Waals surface area contributed by atoms with Crippen molar-refractivity contribution in [1.82, 2.24) is 4.98 Å². The van der Waals surface area contributed by atoms with E-state index in [1.54, 1.807) is 0 Å². The number of benzene rings is 2. The summed E-state index contributed by atoms with van der Waals surface area (Å²) in [7, 11) is 0. The normalized spacial score (nSPS) is 17.8. The van der Waals surface area contributed by atoms with E-state index in [0.717, 1.165) is 18.4 Å². The number of nitrogens with two attached hydrogens (primary N) is 1. The van der Waals surface area contributed by atoms with Crippen LogP contribution >= 0.6 is 0 Å². The molecule has 0 aliphatic heterocycles. The lowest BCUT2D eigenvalue weighted by molar-refractivity contribution is 0.535. The smallest absolute Gasteiger partial charge is 0.408 e. The van der Waals surface area contributed by atoms with E-state index in [0.29, 0.717) is 11.1 Å². The van der Waals surface area contributed by atoms with E-state index < -0.39 is 5.76 Å². The number of hydrogen-bond acceptors (Lipinski definition) is 3. The lowest BCUT2D eigenvalue weighted by Crippen LogP contribution is -2.26. The van der Waals surface area contributed by atoms with Crippen molar-refractivity contribution in [2.75, 3.05) is 0 Å². The molecule has 106 valence electrons. The maximum Gasteiger partial charge on any atom is 0.417 e. The Morgan fingerprint density at radius 2 is 1.90 bits per heavy atom. The molecule has 1 aliphatic carbocycles. The Morgan fingerprint density at radius 3 is 2.62 bits per heavy atom. The van der Waals surface area contributed by atoms with Gasteiger partial charge in [0.15, 0.2) is 5.58 Å². The van der Waals surface area contributed by atoms with Crippen LogP contribution in [0.4, 0.5) is 0 Å². The summed E-state index contributed by atoms with van der Waals surface area (Å²) in [6.45, 7) is 0. The molecule has 4 heteroatoms. The first-order valence-electron chi connectivity index (χ1n) is 7.13. The van der Waals surface area contributed by atoms with Gasteiger partial charge in [0, 0.05) is 11.5 Å². The van der Waals surface area contributed by atoms with Crippen molar-refractivity contribution >= 4 is 11.1 Å². The van der Waals surface area contributed by atoms with Crippen LogP contribution in [0.5, 0.6) is 0 Å². The highest BCUT2D eigenvalue weighted by Crippen LogP contribution is 2.55. The summed E-state index contributed by atoms with van der Waals surface area (Å²) in [6.07, 6.45) is 2.18. The molecule has 3 aromatic rings. The van der Waals surface area contributed by atoms with Crippen LogP contribution < -0.4 is 11.5 Å². The summed E-state index contributed by atoms with van der Waals surface area (Å²) in [4.78, 5) is 13.9. The van der Waals surface area contributed by atoms with Gasteiger partial charge in [-0.3, -0.25) is 4.98 Å². The molecular weight excluding hydrogens is 264 g/mol. The molecule has 1 unspecified atom stereocenters. The van der Waals surface area contributed by atoms with E-state index in [4.69, 9.17) is 10.2 Å². The molecule has 0 radical (unpaired) electrons. The van der Waals surface area contributed by atoms with Gasteiger partial charge in [0.25, 0.3) is 0 Å². The second-order valence-corrected chi connectivity index (χ2v) is 5.77. The zero-order chi connectivity index (χ0) is 14.4. The summed E-state index contributed by atoms with van der Waals surface area (Å²) in [6, 6.07) is 16.0. The van der Waals surface area contributed by atoms with Crippen LogP contribution in [-0.2, 0) is 5.41 Å². The fourth-order valence-corrected chi connectivity index (χ4v) is 3.16. The molecule has 1 fully saturated rings. The van der Waals surface area contributed by atoms with E-state index in [9.17, 15) is 4.79 Å². The van der Waals surface area contributed by atoms with Crippen molar-refractivity contribution in [3.05, 3.63) is 70.2 Å². The van der Waals surface area contributed by atoms with Crippen LogP contribution in [0.25, 0.3) is 11.1 Å². The van der Waals surface area contributed by atoms with Crippen molar-refractivity contribution in [3.8, 4) is 0 Å². The Balaban J connectivity index is 1.76. The van der Waals surface area contributed by atoms with E-state index >= 15 is 0 Å². The number of aromatic amines is 1. The van der Waals surface area contributed by atoms with E-state index in [1.165, 1.54) is 5.56 Å². The van der Waals surface area contributed by atoms with Gasteiger partial charge in [0.1, 0.15) is 0 Å². The molecule has 0 bridgehead atoms. The van der Waals surface area contributed by atoms with Crippen molar-refractivity contribution in [1.29, 1.82) is 0 Å². The predicted molar refractivity (Wildman–Crippen MR) is 81.1 cm³/mol. The van der Waals surface area contributed by atoms with Gasteiger partial charge in [-0.25, -0.2) is 4.79 Å². The molecule has 1 aliphatic rings. The second-order valence-electron chi connectivity index (χ2n) is 5.77. The zero-order valence-corrected chi connectivity index (χ0v) is 11.5. The van der Waals surface area contributed by atoms with Crippen molar-refractivity contribution < 1.29 is 4.42 Å². The fourth-order valence-electron chi connectivity index (χ4n) is 3.16. The van der Waals surface area contributed by atoms with Gasteiger partial charge in [-0.2, -0.15) is 0 Å². The first-order valence-corrected chi connectivity index (χ1v) is 7.13. The van der Waals surface area contributed by atoms with Gasteiger partial charge in [0.2, 0.25) is 0 Å². The second kappa shape index (κ2) is 4.33. The van der Waals surface area contributed by atoms with Gasteiger partial charge in [-0.1, -0.05) is 36.4 Å². The SMILES string of the molecule is NC(c1ccc2[nH]c(=O)oc2c1)C1(c2ccccc2)CC1. The Bertz CT molecular complexity index is 844. The lowest BCUT2D eigenvalue weighted by atomic mass is 9.84. The summed E-state index contributed by atoms with van der Waals surface area (Å²) >= 11 is 0. The maximum absolute atomic E-state index is 11.2. The quantitative estimate of drug-likeness (QED) is 0.775. The fraction of sp³-hybridized carbons (Fsp3) is 0.235. The molecule has 0 saturated heterocycles. The molecule has 0 amide bonds. The molecular formula is C17H16N2O2. The third-order valence-corrected chi connectivity index (χ3v) is 4.54. The molecule has 1 heterocycles. The van der Waals surface area contributed by atoms with E-state index in [-0.39, 0.29) is 11.5 Å². The van der Waals surface area contributed by atoms with Crippen molar-refractivity contribution in [2.45, 2.75) is 24.3 Å². The average Bonchev–Trinajstić information content (AvgIpc) is 3.23. The molecule has 3 N–H and O–H groups in total. The summed E-state index contributed by atoms with van der Waals surface area (Å²) in [5.41, 5.74) is 10.1. The molecule has 0 spiro atoms. The van der Waals surface area contributed by atoms with Crippen LogP contribution in [0.15, 0.2) is 57.7 Å². The number of aromatic nitrogens is 1. The highest BCUT2D eigenvalue weighted by atomic mass is 16.4. The number of hydrogen-bond donors (Lipinski definition) is 2. The molecule has 1 saturated carbocycles. The zero-order valence-electron chi connectivity index (χ0n) is 11.5.